The van der Waals surface area contributed by atoms with Gasteiger partial charge >= 0.3 is 0 Å². The number of hydrogen-bond acceptors (Lipinski definition) is 6. The minimum atomic E-state index is -0.356. The van der Waals surface area contributed by atoms with Crippen LogP contribution in [0.3, 0.4) is 0 Å². The van der Waals surface area contributed by atoms with Gasteiger partial charge in [0.25, 0.3) is 0 Å². The molecule has 0 spiro atoms. The number of hydrogen-bond donors (Lipinski definition) is 0. The van der Waals surface area contributed by atoms with E-state index >= 15 is 0 Å². The molecule has 0 radical (unpaired) electrons. The van der Waals surface area contributed by atoms with E-state index in [2.05, 4.69) is 16.0 Å². The number of aryl methyl sites for hydroxylation is 1. The fourth-order valence-corrected chi connectivity index (χ4v) is 3.93. The van der Waals surface area contributed by atoms with Crippen LogP contribution in [0.4, 0.5) is 4.39 Å². The Morgan fingerprint density at radius 1 is 1.15 bits per heavy atom. The number of piperazine rings is 1. The Kier molecular flexibility index (Phi) is 7.01. The Morgan fingerprint density at radius 3 is 2.48 bits per heavy atom. The first-order valence-electron chi connectivity index (χ1n) is 10.8. The summed E-state index contributed by atoms with van der Waals surface area (Å²) in [4.78, 5) is 20.8. The maximum absolute atomic E-state index is 13.1. The number of nitrogens with zero attached hydrogens (tertiary/aromatic N) is 4. The zero-order chi connectivity index (χ0) is 23.2. The number of nitriles is 1. The van der Waals surface area contributed by atoms with Crippen LogP contribution in [0.1, 0.15) is 23.9 Å². The van der Waals surface area contributed by atoms with Crippen LogP contribution in [0, 0.1) is 17.1 Å². The number of carbonyl (C=O) groups excluding carboxylic acids is 1. The minimum Gasteiger partial charge on any atom is -0.497 e. The largest absolute Gasteiger partial charge is 0.497 e. The molecule has 0 bridgehead atoms. The summed E-state index contributed by atoms with van der Waals surface area (Å²) in [6.07, 6.45) is 2.28. The molecule has 1 unspecified atom stereocenters. The molecule has 170 valence electrons. The summed E-state index contributed by atoms with van der Waals surface area (Å²) in [5, 5.41) is 9.70. The summed E-state index contributed by atoms with van der Waals surface area (Å²) in [5.74, 6) is 1.50. The predicted octanol–water partition coefficient (Wildman–Crippen LogP) is 3.83. The van der Waals surface area contributed by atoms with Gasteiger partial charge in [0, 0.05) is 44.6 Å². The molecule has 1 aromatic heterocycles. The van der Waals surface area contributed by atoms with Crippen molar-refractivity contribution < 1.29 is 18.3 Å². The molecule has 1 amide bonds. The highest BCUT2D eigenvalue weighted by molar-refractivity contribution is 5.76. The van der Waals surface area contributed by atoms with E-state index in [1.807, 2.05) is 29.2 Å². The van der Waals surface area contributed by atoms with Crippen LogP contribution >= 0.6 is 0 Å². The number of aromatic nitrogens is 1. The SMILES string of the molecule is COc1ccc(C(C#N)N2CCN(C(=O)CCc3ncc(-c4ccc(F)cc4)o3)CC2)cc1. The molecule has 2 heterocycles. The van der Waals surface area contributed by atoms with Crippen molar-refractivity contribution in [3.05, 3.63) is 72.0 Å². The Morgan fingerprint density at radius 2 is 1.85 bits per heavy atom. The molecular weight excluding hydrogens is 423 g/mol. The lowest BCUT2D eigenvalue weighted by atomic mass is 10.1. The summed E-state index contributed by atoms with van der Waals surface area (Å²) in [6, 6.07) is 15.5. The van der Waals surface area contributed by atoms with Crippen LogP contribution in [0.15, 0.2) is 59.1 Å². The molecule has 0 aliphatic carbocycles. The van der Waals surface area contributed by atoms with Gasteiger partial charge in [-0.3, -0.25) is 9.69 Å². The van der Waals surface area contributed by atoms with Crippen LogP contribution in [0.25, 0.3) is 11.3 Å². The van der Waals surface area contributed by atoms with Crippen molar-refractivity contribution in [1.82, 2.24) is 14.8 Å². The molecule has 1 aliphatic rings. The lowest BCUT2D eigenvalue weighted by molar-refractivity contribution is -0.133. The van der Waals surface area contributed by atoms with Gasteiger partial charge in [-0.1, -0.05) is 12.1 Å². The summed E-state index contributed by atoms with van der Waals surface area (Å²) < 4.78 is 24.0. The fraction of sp³-hybridized carbons (Fsp3) is 0.320. The highest BCUT2D eigenvalue weighted by atomic mass is 19.1. The van der Waals surface area contributed by atoms with E-state index in [0.29, 0.717) is 50.7 Å². The number of benzene rings is 2. The van der Waals surface area contributed by atoms with Crippen LogP contribution in [-0.4, -0.2) is 54.0 Å². The molecule has 8 heteroatoms. The Hall–Kier alpha value is -3.70. The first kappa shape index (κ1) is 22.5. The summed E-state index contributed by atoms with van der Waals surface area (Å²) in [6.45, 7) is 2.40. The molecule has 0 N–H and O–H groups in total. The van der Waals surface area contributed by atoms with Crippen molar-refractivity contribution in [1.29, 1.82) is 5.26 Å². The first-order valence-corrected chi connectivity index (χ1v) is 10.8. The Bertz CT molecular complexity index is 1110. The summed E-state index contributed by atoms with van der Waals surface area (Å²) in [5.41, 5.74) is 1.65. The molecule has 1 aliphatic heterocycles. The predicted molar refractivity (Wildman–Crippen MR) is 120 cm³/mol. The third-order valence-electron chi connectivity index (χ3n) is 5.82. The lowest BCUT2D eigenvalue weighted by Gasteiger charge is -2.37. The number of halogens is 1. The molecule has 1 saturated heterocycles. The molecule has 1 atom stereocenters. The molecule has 4 rings (SSSR count). The van der Waals surface area contributed by atoms with Gasteiger partial charge in [0.15, 0.2) is 11.7 Å². The first-order chi connectivity index (χ1) is 16.1. The zero-order valence-corrected chi connectivity index (χ0v) is 18.4. The summed E-state index contributed by atoms with van der Waals surface area (Å²) >= 11 is 0. The highest BCUT2D eigenvalue weighted by Crippen LogP contribution is 2.24. The number of oxazole rings is 1. The smallest absolute Gasteiger partial charge is 0.223 e. The third kappa shape index (κ3) is 5.38. The maximum Gasteiger partial charge on any atom is 0.223 e. The van der Waals surface area contributed by atoms with E-state index in [1.54, 1.807) is 25.4 Å². The number of carbonyl (C=O) groups is 1. The molecule has 3 aromatic rings. The standard InChI is InChI=1S/C25H25FN4O3/c1-32-21-8-4-18(5-9-21)22(16-27)29-12-14-30(15-13-29)25(31)11-10-24-28-17-23(33-24)19-2-6-20(26)7-3-19/h2-9,17,22H,10-15H2,1H3. The molecule has 2 aromatic carbocycles. The minimum absolute atomic E-state index is 0.0362. The van der Waals surface area contributed by atoms with Crippen molar-refractivity contribution in [2.45, 2.75) is 18.9 Å². The van der Waals surface area contributed by atoms with Crippen molar-refractivity contribution in [2.75, 3.05) is 33.3 Å². The van der Waals surface area contributed by atoms with Gasteiger partial charge in [-0.25, -0.2) is 9.37 Å². The van der Waals surface area contributed by atoms with E-state index in [9.17, 15) is 14.4 Å². The second-order valence-corrected chi connectivity index (χ2v) is 7.85. The molecule has 7 nitrogen and oxygen atoms in total. The molecular formula is C25H25FN4O3. The summed E-state index contributed by atoms with van der Waals surface area (Å²) in [7, 11) is 1.61. The van der Waals surface area contributed by atoms with E-state index in [4.69, 9.17) is 9.15 Å². The second-order valence-electron chi connectivity index (χ2n) is 7.85. The van der Waals surface area contributed by atoms with Crippen molar-refractivity contribution in [3.63, 3.8) is 0 Å². The van der Waals surface area contributed by atoms with Gasteiger partial charge in [0.2, 0.25) is 5.91 Å². The highest BCUT2D eigenvalue weighted by Gasteiger charge is 2.27. The van der Waals surface area contributed by atoms with E-state index < -0.39 is 0 Å². The topological polar surface area (TPSA) is 82.6 Å². The molecule has 1 fully saturated rings. The Balaban J connectivity index is 1.28. The number of methoxy groups -OCH3 is 1. The number of rotatable bonds is 7. The maximum atomic E-state index is 13.1. The van der Waals surface area contributed by atoms with Crippen molar-refractivity contribution in [3.8, 4) is 23.1 Å². The van der Waals surface area contributed by atoms with Gasteiger partial charge in [0.05, 0.1) is 19.4 Å². The number of ether oxygens (including phenoxy) is 1. The normalized spacial score (nSPS) is 15.1. The number of amides is 1. The molecule has 33 heavy (non-hydrogen) atoms. The zero-order valence-electron chi connectivity index (χ0n) is 18.4. The van der Waals surface area contributed by atoms with Crippen LogP contribution < -0.4 is 4.74 Å². The van der Waals surface area contributed by atoms with E-state index in [-0.39, 0.29) is 17.8 Å². The van der Waals surface area contributed by atoms with E-state index in [0.717, 1.165) is 16.9 Å². The van der Waals surface area contributed by atoms with Gasteiger partial charge in [-0.2, -0.15) is 5.26 Å². The monoisotopic (exact) mass is 448 g/mol. The fourth-order valence-electron chi connectivity index (χ4n) is 3.93. The average Bonchev–Trinajstić information content (AvgIpc) is 3.33. The third-order valence-corrected chi connectivity index (χ3v) is 5.82. The van der Waals surface area contributed by atoms with Gasteiger partial charge in [0.1, 0.15) is 17.6 Å². The lowest BCUT2D eigenvalue weighted by Crippen LogP contribution is -2.49. The van der Waals surface area contributed by atoms with Gasteiger partial charge < -0.3 is 14.1 Å². The average molecular weight is 448 g/mol. The quantitative estimate of drug-likeness (QED) is 0.546. The second kappa shape index (κ2) is 10.3. The van der Waals surface area contributed by atoms with Gasteiger partial charge in [-0.05, 0) is 42.0 Å². The van der Waals surface area contributed by atoms with Crippen molar-refractivity contribution >= 4 is 5.91 Å². The van der Waals surface area contributed by atoms with Crippen LogP contribution in [-0.2, 0) is 11.2 Å². The van der Waals surface area contributed by atoms with Crippen LogP contribution in [0.2, 0.25) is 0 Å². The van der Waals surface area contributed by atoms with Crippen LogP contribution in [0.5, 0.6) is 5.75 Å². The molecule has 0 saturated carbocycles. The van der Waals surface area contributed by atoms with Gasteiger partial charge in [-0.15, -0.1) is 0 Å². The Labute approximate surface area is 192 Å². The van der Waals surface area contributed by atoms with Crippen molar-refractivity contribution in [2.24, 2.45) is 0 Å². The van der Waals surface area contributed by atoms with E-state index in [1.165, 1.54) is 12.1 Å².